The first-order valence-electron chi connectivity index (χ1n) is 29.6. The molecule has 480 valence electrons. The van der Waals surface area contributed by atoms with Crippen molar-refractivity contribution in [3.8, 4) is 22.3 Å². The van der Waals surface area contributed by atoms with Gasteiger partial charge in [-0.05, 0) is 184 Å². The van der Waals surface area contributed by atoms with Crippen molar-refractivity contribution >= 4 is 102 Å². The molecular formula is C69H70BBrCl2F6N4O8. The van der Waals surface area contributed by atoms with Crippen LogP contribution in [0.2, 0.25) is 0 Å². The molecule has 3 amide bonds. The van der Waals surface area contributed by atoms with Crippen LogP contribution in [0.15, 0.2) is 145 Å². The zero-order chi connectivity index (χ0) is 66.1. The van der Waals surface area contributed by atoms with Crippen molar-refractivity contribution in [2.24, 2.45) is 5.73 Å². The van der Waals surface area contributed by atoms with Crippen LogP contribution in [0.3, 0.4) is 0 Å². The largest absolute Gasteiger partial charge is 0.494 e. The number of nitrogens with zero attached hydrogens (tertiary/aromatic N) is 3. The molecule has 91 heavy (non-hydrogen) atoms. The standard InChI is InChI=1S/C21H19F2NO2.C20H18F2N2O2.C16H20BF2NO3.C11H11BrO.CH2Cl2/c1-3-18-10-17-9-16(8-13(2)19(17)26-18)14-4-6-15(7-5-14)20(25)24-11-21(22,23)12-24;1-12-6-15(7-16-8-17(9-23)26-18(12)16)13-2-4-14(5-3-13)19(25)24-10-20(21,22)11-24;1-14(2)15(3,4)23-17(22-14)12-7-5-11(6-8-12)13(21)20-9-16(18,19)10-20;1-3-10-6-8-5-9(12)4-7(2)11(8)13-10;2-1-3/h4-10H,3,11-12H2,1-2H3;2-8H,9-11,23H2,1H3;5-8H,9-10H2,1-4H3;4-6H,3H2,1-2H3;1H2. The Hall–Kier alpha value is -7.07. The van der Waals surface area contributed by atoms with Crippen molar-refractivity contribution in [2.45, 2.75) is 111 Å². The minimum atomic E-state index is -2.75. The third-order valence-electron chi connectivity index (χ3n) is 16.4. The molecule has 2 N–H and O–H groups in total. The van der Waals surface area contributed by atoms with Gasteiger partial charge in [-0.3, -0.25) is 14.4 Å². The van der Waals surface area contributed by atoms with Gasteiger partial charge in [0, 0.05) is 50.2 Å². The van der Waals surface area contributed by atoms with Gasteiger partial charge in [-0.25, -0.2) is 26.3 Å². The van der Waals surface area contributed by atoms with Crippen LogP contribution in [-0.4, -0.2) is 113 Å². The molecule has 3 aromatic heterocycles. The maximum atomic E-state index is 12.9. The number of carbonyl (C=O) groups is 3. The highest BCUT2D eigenvalue weighted by atomic mass is 79.9. The van der Waals surface area contributed by atoms with Crippen LogP contribution in [0.5, 0.6) is 0 Å². The summed E-state index contributed by atoms with van der Waals surface area (Å²) < 4.78 is 108. The molecule has 0 radical (unpaired) electrons. The Morgan fingerprint density at radius 2 is 0.791 bits per heavy atom. The molecule has 4 fully saturated rings. The SMILES string of the molecule is CC1(C)OB(c2ccc(C(=O)N3CC(F)(F)C3)cc2)OC1(C)C.CCc1cc2cc(-c3ccc(C(=O)N4CC(F)(F)C4)cc3)cc(C)c2o1.CCc1cc2cc(Br)cc(C)c2o1.Cc1cc(-c2ccc(C(=O)N3CC(F)(F)C3)cc2)cc2cc(CN)oc12.ClCCl. The molecule has 22 heteroatoms. The van der Waals surface area contributed by atoms with E-state index in [1.807, 2.05) is 90.1 Å². The zero-order valence-corrected chi connectivity index (χ0v) is 55.0. The van der Waals surface area contributed by atoms with Crippen LogP contribution in [-0.2, 0) is 28.7 Å². The van der Waals surface area contributed by atoms with Crippen molar-refractivity contribution in [3.05, 3.63) is 183 Å². The Labute approximate surface area is 543 Å². The van der Waals surface area contributed by atoms with Gasteiger partial charge in [0.05, 0.1) is 62.4 Å². The molecule has 13 rings (SSSR count). The lowest BCUT2D eigenvalue weighted by atomic mass is 9.79. The smallest absolute Gasteiger partial charge is 0.461 e. The third kappa shape index (κ3) is 15.7. The van der Waals surface area contributed by atoms with Crippen LogP contribution < -0.4 is 11.2 Å². The van der Waals surface area contributed by atoms with Gasteiger partial charge in [0.2, 0.25) is 0 Å². The number of hydrogen-bond donors (Lipinski definition) is 1. The zero-order valence-electron chi connectivity index (χ0n) is 51.9. The van der Waals surface area contributed by atoms with Gasteiger partial charge < -0.3 is 43.0 Å². The van der Waals surface area contributed by atoms with E-state index in [4.69, 9.17) is 51.5 Å². The van der Waals surface area contributed by atoms with Gasteiger partial charge >= 0.3 is 7.12 Å². The second kappa shape index (κ2) is 27.3. The van der Waals surface area contributed by atoms with Gasteiger partial charge in [-0.2, -0.15) is 0 Å². The Bertz CT molecular complexity index is 3920. The van der Waals surface area contributed by atoms with Gasteiger partial charge in [-0.1, -0.05) is 66.2 Å². The predicted molar refractivity (Wildman–Crippen MR) is 349 cm³/mol. The fourth-order valence-electron chi connectivity index (χ4n) is 10.8. The van der Waals surface area contributed by atoms with Gasteiger partial charge in [0.25, 0.3) is 35.5 Å². The number of likely N-dealkylation sites (tertiary alicyclic amines) is 3. The van der Waals surface area contributed by atoms with E-state index in [-0.39, 0.29) is 23.1 Å². The summed E-state index contributed by atoms with van der Waals surface area (Å²) in [5.74, 6) is -6.61. The predicted octanol–water partition coefficient (Wildman–Crippen LogP) is 16.6. The van der Waals surface area contributed by atoms with Crippen LogP contribution in [0, 0.1) is 20.8 Å². The minimum Gasteiger partial charge on any atom is -0.461 e. The fraction of sp³-hybridized carbons (Fsp3) is 0.348. The second-order valence-corrected chi connectivity index (χ2v) is 25.9. The maximum Gasteiger partial charge on any atom is 0.494 e. The Kier molecular flexibility index (Phi) is 20.5. The van der Waals surface area contributed by atoms with Crippen molar-refractivity contribution in [1.82, 2.24) is 14.7 Å². The van der Waals surface area contributed by atoms with E-state index in [0.717, 1.165) is 111 Å². The summed E-state index contributed by atoms with van der Waals surface area (Å²) in [6.07, 6.45) is 1.79. The van der Waals surface area contributed by atoms with E-state index in [2.05, 4.69) is 67.0 Å². The maximum absolute atomic E-state index is 12.9. The summed E-state index contributed by atoms with van der Waals surface area (Å²) in [5.41, 5.74) is 16.7. The molecule has 0 aliphatic carbocycles. The number of hydrogen-bond acceptors (Lipinski definition) is 9. The number of aryl methyl sites for hydroxylation is 5. The lowest BCUT2D eigenvalue weighted by Gasteiger charge is -2.38. The van der Waals surface area contributed by atoms with Gasteiger partial charge in [0.1, 0.15) is 34.0 Å². The van der Waals surface area contributed by atoms with E-state index >= 15 is 0 Å². The lowest BCUT2D eigenvalue weighted by Crippen LogP contribution is -2.58. The number of rotatable bonds is 9. The topological polar surface area (TPSA) is 145 Å². The molecule has 0 bridgehead atoms. The first-order valence-corrected chi connectivity index (χ1v) is 31.5. The molecule has 0 atom stereocenters. The molecule has 7 heterocycles. The molecule has 4 aliphatic rings. The summed E-state index contributed by atoms with van der Waals surface area (Å²) in [7, 11) is -0.502. The van der Waals surface area contributed by atoms with Crippen molar-refractivity contribution < 1.29 is 63.3 Å². The number of furan rings is 3. The van der Waals surface area contributed by atoms with E-state index < -0.39 is 75.4 Å². The molecule has 0 spiro atoms. The molecule has 4 aliphatic heterocycles. The highest BCUT2D eigenvalue weighted by molar-refractivity contribution is 9.10. The lowest BCUT2D eigenvalue weighted by molar-refractivity contribution is -0.113. The average Bonchev–Trinajstić information content (AvgIpc) is 1.78. The van der Waals surface area contributed by atoms with Crippen LogP contribution in [0.25, 0.3) is 55.2 Å². The van der Waals surface area contributed by atoms with E-state index in [9.17, 15) is 40.7 Å². The van der Waals surface area contributed by atoms with E-state index in [1.54, 1.807) is 48.5 Å². The van der Waals surface area contributed by atoms with Crippen molar-refractivity contribution in [2.75, 3.05) is 44.6 Å². The number of benzene rings is 6. The van der Waals surface area contributed by atoms with Gasteiger partial charge in [0.15, 0.2) is 0 Å². The van der Waals surface area contributed by atoms with Crippen LogP contribution >= 0.6 is 39.1 Å². The Morgan fingerprint density at radius 1 is 0.484 bits per heavy atom. The number of fused-ring (bicyclic) bond motifs is 3. The fourth-order valence-corrected chi connectivity index (χ4v) is 11.4. The Morgan fingerprint density at radius 3 is 1.12 bits per heavy atom. The van der Waals surface area contributed by atoms with Crippen LogP contribution in [0.1, 0.15) is 107 Å². The molecule has 9 aromatic rings. The molecule has 0 unspecified atom stereocenters. The van der Waals surface area contributed by atoms with E-state index in [0.29, 0.717) is 23.2 Å². The third-order valence-corrected chi connectivity index (χ3v) is 16.9. The molecular weight excluding hydrogens is 1290 g/mol. The summed E-state index contributed by atoms with van der Waals surface area (Å²) in [4.78, 5) is 40.0. The molecule has 0 saturated carbocycles. The normalized spacial score (nSPS) is 17.0. The number of amides is 3. The quantitative estimate of drug-likeness (QED) is 0.0848. The van der Waals surface area contributed by atoms with E-state index in [1.165, 1.54) is 15.8 Å². The van der Waals surface area contributed by atoms with Gasteiger partial charge in [-0.15, -0.1) is 23.2 Å². The first-order chi connectivity index (χ1) is 42.8. The Balaban J connectivity index is 0.000000145. The number of nitrogens with two attached hydrogens (primary N) is 1. The monoisotopic (exact) mass is 1360 g/mol. The van der Waals surface area contributed by atoms with Crippen LogP contribution in [0.4, 0.5) is 26.3 Å². The number of carbonyl (C=O) groups excluding carboxylic acids is 3. The molecule has 6 aromatic carbocycles. The minimum absolute atomic E-state index is 0.194. The summed E-state index contributed by atoms with van der Waals surface area (Å²) >= 11 is 13.0. The summed E-state index contributed by atoms with van der Waals surface area (Å²) in [6.45, 7) is 15.4. The summed E-state index contributed by atoms with van der Waals surface area (Å²) in [5, 5.41) is 3.41. The van der Waals surface area contributed by atoms with Crippen molar-refractivity contribution in [3.63, 3.8) is 0 Å². The highest BCUT2D eigenvalue weighted by Crippen LogP contribution is 2.38. The number of alkyl halides is 8. The molecule has 12 nitrogen and oxygen atoms in total. The van der Waals surface area contributed by atoms with Crippen molar-refractivity contribution in [1.29, 1.82) is 0 Å². The molecule has 4 saturated heterocycles. The number of halogens is 9. The second-order valence-electron chi connectivity index (χ2n) is 24.1. The highest BCUT2D eigenvalue weighted by Gasteiger charge is 2.52. The first kappa shape index (κ1) is 68.3. The average molecular weight is 1360 g/mol. The summed E-state index contributed by atoms with van der Waals surface area (Å²) in [6, 6.07) is 39.2.